The molecule has 1 N–H and O–H groups in total. The summed E-state index contributed by atoms with van der Waals surface area (Å²) in [5.74, 6) is 0. The van der Waals surface area contributed by atoms with Crippen LogP contribution in [0, 0.1) is 6.92 Å². The maximum atomic E-state index is 9.14. The van der Waals surface area contributed by atoms with Gasteiger partial charge >= 0.3 is 0 Å². The molecular formula is C13H18Cl2N2O. The van der Waals surface area contributed by atoms with Gasteiger partial charge in [0, 0.05) is 35.4 Å². The van der Waals surface area contributed by atoms with Crippen molar-refractivity contribution in [3.05, 3.63) is 27.5 Å². The minimum atomic E-state index is 0.158. The summed E-state index contributed by atoms with van der Waals surface area (Å²) in [5.41, 5.74) is 1.69. The van der Waals surface area contributed by atoms with Crippen molar-refractivity contribution in [1.29, 1.82) is 0 Å². The number of aliphatic hydroxyl groups excluding tert-OH is 1. The zero-order chi connectivity index (χ0) is 13.1. The number of aromatic nitrogens is 1. The van der Waals surface area contributed by atoms with Crippen LogP contribution in [0.4, 0.5) is 0 Å². The highest BCUT2D eigenvalue weighted by atomic mass is 35.5. The van der Waals surface area contributed by atoms with Crippen LogP contribution in [0.25, 0.3) is 0 Å². The van der Waals surface area contributed by atoms with E-state index in [0.717, 1.165) is 11.3 Å². The average molecular weight is 289 g/mol. The summed E-state index contributed by atoms with van der Waals surface area (Å²) < 4.78 is 0. The van der Waals surface area contributed by atoms with Gasteiger partial charge in [-0.2, -0.15) is 0 Å². The Bertz CT molecular complexity index is 398. The van der Waals surface area contributed by atoms with E-state index in [9.17, 15) is 0 Å². The summed E-state index contributed by atoms with van der Waals surface area (Å²) in [5, 5.41) is 10.3. The summed E-state index contributed by atoms with van der Waals surface area (Å²) in [6, 6.07) is 2.38. The Morgan fingerprint density at radius 2 is 2.17 bits per heavy atom. The molecule has 1 fully saturated rings. The van der Waals surface area contributed by atoms with Crippen LogP contribution in [0.15, 0.2) is 6.07 Å². The Hall–Kier alpha value is -0.350. The molecule has 0 aromatic carbocycles. The summed E-state index contributed by atoms with van der Waals surface area (Å²) in [6.45, 7) is 3.35. The van der Waals surface area contributed by atoms with Crippen molar-refractivity contribution < 1.29 is 5.11 Å². The van der Waals surface area contributed by atoms with Gasteiger partial charge in [0.05, 0.1) is 6.61 Å². The molecule has 0 spiro atoms. The number of aliphatic hydroxyl groups is 1. The number of hydrogen-bond acceptors (Lipinski definition) is 3. The second kappa shape index (κ2) is 6.20. The van der Waals surface area contributed by atoms with Gasteiger partial charge in [0.15, 0.2) is 0 Å². The Labute approximate surface area is 118 Å². The molecule has 1 saturated carbocycles. The fourth-order valence-electron chi connectivity index (χ4n) is 2.24. The fraction of sp³-hybridized carbons (Fsp3) is 0.615. The van der Waals surface area contributed by atoms with Gasteiger partial charge in [0.1, 0.15) is 5.15 Å². The minimum absolute atomic E-state index is 0.158. The van der Waals surface area contributed by atoms with E-state index in [4.69, 9.17) is 28.3 Å². The standard InChI is InChI=1S/C13H18Cl2N2O/c1-9-7-12(14)11(13(15)16-9)8-17(5-6-18)10-3-2-4-10/h7,10,18H,2-6,8H2,1H3. The monoisotopic (exact) mass is 288 g/mol. The second-order valence-corrected chi connectivity index (χ2v) is 5.56. The summed E-state index contributed by atoms with van der Waals surface area (Å²) in [4.78, 5) is 6.49. The molecule has 0 amide bonds. The van der Waals surface area contributed by atoms with Crippen LogP contribution in [0.5, 0.6) is 0 Å². The Balaban J connectivity index is 2.15. The van der Waals surface area contributed by atoms with Crippen molar-refractivity contribution in [3.8, 4) is 0 Å². The number of pyridine rings is 1. The number of aryl methyl sites for hydroxylation is 1. The minimum Gasteiger partial charge on any atom is -0.395 e. The molecule has 3 nitrogen and oxygen atoms in total. The first-order chi connectivity index (χ1) is 8.61. The summed E-state index contributed by atoms with van der Waals surface area (Å²) >= 11 is 12.4. The molecule has 0 radical (unpaired) electrons. The molecule has 0 bridgehead atoms. The molecule has 1 aliphatic carbocycles. The maximum Gasteiger partial charge on any atom is 0.135 e. The second-order valence-electron chi connectivity index (χ2n) is 4.79. The van der Waals surface area contributed by atoms with Crippen LogP contribution < -0.4 is 0 Å². The zero-order valence-corrected chi connectivity index (χ0v) is 12.0. The van der Waals surface area contributed by atoms with E-state index in [1.165, 1.54) is 19.3 Å². The predicted octanol–water partition coefficient (Wildman–Crippen LogP) is 3.04. The SMILES string of the molecule is Cc1cc(Cl)c(CN(CCO)C2CCC2)c(Cl)n1. The molecule has 0 aliphatic heterocycles. The van der Waals surface area contributed by atoms with Crippen LogP contribution in [0.1, 0.15) is 30.5 Å². The van der Waals surface area contributed by atoms with E-state index in [2.05, 4.69) is 9.88 Å². The molecule has 0 saturated heterocycles. The lowest BCUT2D eigenvalue weighted by Gasteiger charge is -2.37. The average Bonchev–Trinajstić information content (AvgIpc) is 2.20. The van der Waals surface area contributed by atoms with Gasteiger partial charge < -0.3 is 5.11 Å². The normalized spacial score (nSPS) is 16.1. The van der Waals surface area contributed by atoms with Gasteiger partial charge in [0.2, 0.25) is 0 Å². The number of halogens is 2. The van der Waals surface area contributed by atoms with Crippen molar-refractivity contribution >= 4 is 23.2 Å². The van der Waals surface area contributed by atoms with E-state index in [1.54, 1.807) is 0 Å². The highest BCUT2D eigenvalue weighted by Crippen LogP contribution is 2.30. The van der Waals surface area contributed by atoms with Crippen molar-refractivity contribution in [2.24, 2.45) is 0 Å². The van der Waals surface area contributed by atoms with Crippen LogP contribution in [0.3, 0.4) is 0 Å². The smallest absolute Gasteiger partial charge is 0.135 e. The van der Waals surface area contributed by atoms with Crippen molar-refractivity contribution in [3.63, 3.8) is 0 Å². The van der Waals surface area contributed by atoms with Gasteiger partial charge in [-0.3, -0.25) is 4.90 Å². The van der Waals surface area contributed by atoms with Gasteiger partial charge in [0.25, 0.3) is 0 Å². The highest BCUT2D eigenvalue weighted by molar-refractivity contribution is 6.35. The Morgan fingerprint density at radius 3 is 2.67 bits per heavy atom. The first-order valence-corrected chi connectivity index (χ1v) is 7.04. The van der Waals surface area contributed by atoms with E-state index in [-0.39, 0.29) is 6.61 Å². The molecule has 2 rings (SSSR count). The molecule has 18 heavy (non-hydrogen) atoms. The Kier molecular flexibility index (Phi) is 4.84. The number of nitrogens with zero attached hydrogens (tertiary/aromatic N) is 2. The lowest BCUT2D eigenvalue weighted by molar-refractivity contribution is 0.0945. The first-order valence-electron chi connectivity index (χ1n) is 6.28. The molecule has 0 unspecified atom stereocenters. The third-order valence-corrected chi connectivity index (χ3v) is 4.14. The maximum absolute atomic E-state index is 9.14. The Morgan fingerprint density at radius 1 is 1.44 bits per heavy atom. The molecule has 100 valence electrons. The van der Waals surface area contributed by atoms with Gasteiger partial charge in [-0.05, 0) is 25.8 Å². The summed E-state index contributed by atoms with van der Waals surface area (Å²) in [6.07, 6.45) is 3.64. The van der Waals surface area contributed by atoms with Crippen LogP contribution >= 0.6 is 23.2 Å². The number of rotatable bonds is 5. The summed E-state index contributed by atoms with van der Waals surface area (Å²) in [7, 11) is 0. The van der Waals surface area contributed by atoms with Gasteiger partial charge in [-0.25, -0.2) is 4.98 Å². The van der Waals surface area contributed by atoms with Crippen molar-refractivity contribution in [2.45, 2.75) is 38.8 Å². The predicted molar refractivity (Wildman–Crippen MR) is 74.1 cm³/mol. The van der Waals surface area contributed by atoms with E-state index >= 15 is 0 Å². The number of hydrogen-bond donors (Lipinski definition) is 1. The van der Waals surface area contributed by atoms with Crippen molar-refractivity contribution in [1.82, 2.24) is 9.88 Å². The molecular weight excluding hydrogens is 271 g/mol. The molecule has 1 aromatic rings. The van der Waals surface area contributed by atoms with Crippen LogP contribution in [-0.2, 0) is 6.54 Å². The molecule has 1 aromatic heterocycles. The topological polar surface area (TPSA) is 36.4 Å². The third kappa shape index (κ3) is 3.15. The van der Waals surface area contributed by atoms with E-state index < -0.39 is 0 Å². The van der Waals surface area contributed by atoms with Crippen molar-refractivity contribution in [2.75, 3.05) is 13.2 Å². The molecule has 5 heteroatoms. The van der Waals surface area contributed by atoms with Gasteiger partial charge in [-0.15, -0.1) is 0 Å². The van der Waals surface area contributed by atoms with Crippen LogP contribution in [-0.4, -0.2) is 34.2 Å². The molecule has 1 aliphatic rings. The molecule has 0 atom stereocenters. The van der Waals surface area contributed by atoms with E-state index in [0.29, 0.717) is 29.3 Å². The third-order valence-electron chi connectivity index (χ3n) is 3.49. The first kappa shape index (κ1) is 14.1. The largest absolute Gasteiger partial charge is 0.395 e. The zero-order valence-electron chi connectivity index (χ0n) is 10.5. The fourth-order valence-corrected chi connectivity index (χ4v) is 2.89. The van der Waals surface area contributed by atoms with E-state index in [1.807, 2.05) is 13.0 Å². The highest BCUT2D eigenvalue weighted by Gasteiger charge is 2.25. The lowest BCUT2D eigenvalue weighted by atomic mass is 9.91. The quantitative estimate of drug-likeness (QED) is 0.846. The van der Waals surface area contributed by atoms with Gasteiger partial charge in [-0.1, -0.05) is 29.6 Å². The lowest BCUT2D eigenvalue weighted by Crippen LogP contribution is -2.41. The molecule has 1 heterocycles. The van der Waals surface area contributed by atoms with Crippen LogP contribution in [0.2, 0.25) is 10.2 Å².